The smallest absolute Gasteiger partial charge is 0.127 e. The van der Waals surface area contributed by atoms with Crippen molar-refractivity contribution in [3.05, 3.63) is 72.3 Å². The molecule has 0 fully saturated rings. The monoisotopic (exact) mass is 415 g/mol. The molecule has 4 nitrogen and oxygen atoms in total. The second-order valence-corrected chi connectivity index (χ2v) is 7.73. The number of fused-ring (bicyclic) bond motifs is 1. The lowest BCUT2D eigenvalue weighted by molar-refractivity contribution is 0.0996. The highest BCUT2D eigenvalue weighted by Gasteiger charge is 2.19. The molecule has 2 N–H and O–H groups in total. The van der Waals surface area contributed by atoms with Crippen LogP contribution in [0.5, 0.6) is 11.5 Å². The van der Waals surface area contributed by atoms with Crippen molar-refractivity contribution in [1.82, 2.24) is 5.32 Å². The Bertz CT molecular complexity index is 891. The van der Waals surface area contributed by atoms with Crippen LogP contribution in [0.1, 0.15) is 19.4 Å². The number of halogens is 1. The number of hydrogen-bond donors (Lipinski definition) is 2. The molecule has 0 radical (unpaired) electrons. The van der Waals surface area contributed by atoms with Gasteiger partial charge in [0.15, 0.2) is 0 Å². The Balaban J connectivity index is 0.00000300. The lowest BCUT2D eigenvalue weighted by Gasteiger charge is -2.28. The van der Waals surface area contributed by atoms with E-state index in [-0.39, 0.29) is 24.6 Å². The number of ether oxygens (including phenoxy) is 2. The van der Waals surface area contributed by atoms with E-state index in [1.807, 2.05) is 42.5 Å². The molecule has 0 aliphatic rings. The maximum absolute atomic E-state index is 10.4. The molecular weight excluding hydrogens is 386 g/mol. The number of benzene rings is 3. The number of methoxy groups -OCH3 is 1. The van der Waals surface area contributed by atoms with Crippen molar-refractivity contribution in [2.75, 3.05) is 20.3 Å². The Kier molecular flexibility index (Phi) is 8.32. The minimum Gasteiger partial charge on any atom is -0.497 e. The lowest BCUT2D eigenvalue weighted by atomic mass is 9.94. The molecule has 0 amide bonds. The standard InChI is InChI=1S/C24H29NO3.ClH/c1-24(2,15-18-11-13-21(27-3)14-12-18)25-16-20(26)17-28-23-10-6-8-19-7-4-5-9-22(19)23;/h4-14,20,25-26H,15-17H2,1-3H3;1H/t20-;/m0./s1. The molecule has 3 rings (SSSR count). The minimum atomic E-state index is -0.589. The Labute approximate surface area is 179 Å². The summed E-state index contributed by atoms with van der Waals surface area (Å²) in [6.07, 6.45) is 0.266. The molecule has 0 aromatic heterocycles. The van der Waals surface area contributed by atoms with E-state index in [1.165, 1.54) is 5.56 Å². The second kappa shape index (κ2) is 10.5. The van der Waals surface area contributed by atoms with Crippen molar-refractivity contribution >= 4 is 23.2 Å². The summed E-state index contributed by atoms with van der Waals surface area (Å²) in [4.78, 5) is 0. The van der Waals surface area contributed by atoms with Crippen molar-refractivity contribution in [2.24, 2.45) is 0 Å². The molecule has 5 heteroatoms. The summed E-state index contributed by atoms with van der Waals surface area (Å²) < 4.78 is 11.1. The summed E-state index contributed by atoms with van der Waals surface area (Å²) in [6.45, 7) is 4.98. The third-order valence-corrected chi connectivity index (χ3v) is 4.80. The molecule has 0 saturated heterocycles. The largest absolute Gasteiger partial charge is 0.497 e. The molecule has 156 valence electrons. The average molecular weight is 416 g/mol. The van der Waals surface area contributed by atoms with Gasteiger partial charge >= 0.3 is 0 Å². The van der Waals surface area contributed by atoms with E-state index in [4.69, 9.17) is 9.47 Å². The quantitative estimate of drug-likeness (QED) is 0.535. The first kappa shape index (κ1) is 23.0. The van der Waals surface area contributed by atoms with Crippen LogP contribution in [0.3, 0.4) is 0 Å². The van der Waals surface area contributed by atoms with Crippen LogP contribution in [0, 0.1) is 0 Å². The van der Waals surface area contributed by atoms with Crippen molar-refractivity contribution < 1.29 is 14.6 Å². The van der Waals surface area contributed by atoms with Crippen LogP contribution < -0.4 is 14.8 Å². The zero-order valence-electron chi connectivity index (χ0n) is 17.2. The summed E-state index contributed by atoms with van der Waals surface area (Å²) in [5.74, 6) is 1.66. The number of rotatable bonds is 9. The van der Waals surface area contributed by atoms with Crippen molar-refractivity contribution in [3.8, 4) is 11.5 Å². The number of hydrogen-bond acceptors (Lipinski definition) is 4. The molecule has 1 atom stereocenters. The van der Waals surface area contributed by atoms with Gasteiger partial charge in [0.1, 0.15) is 24.2 Å². The fraction of sp³-hybridized carbons (Fsp3) is 0.333. The molecule has 3 aromatic carbocycles. The zero-order chi connectivity index (χ0) is 20.0. The molecule has 0 bridgehead atoms. The van der Waals surface area contributed by atoms with Gasteiger partial charge in [-0.3, -0.25) is 0 Å². The van der Waals surface area contributed by atoms with Gasteiger partial charge in [0.05, 0.1) is 7.11 Å². The van der Waals surface area contributed by atoms with Gasteiger partial charge in [0.25, 0.3) is 0 Å². The maximum atomic E-state index is 10.4. The molecule has 0 saturated carbocycles. The fourth-order valence-corrected chi connectivity index (χ4v) is 3.28. The summed E-state index contributed by atoms with van der Waals surface area (Å²) >= 11 is 0. The average Bonchev–Trinajstić information content (AvgIpc) is 2.71. The highest BCUT2D eigenvalue weighted by atomic mass is 35.5. The van der Waals surface area contributed by atoms with Crippen LogP contribution in [0.25, 0.3) is 10.8 Å². The van der Waals surface area contributed by atoms with Crippen LogP contribution in [0.4, 0.5) is 0 Å². The lowest BCUT2D eigenvalue weighted by Crippen LogP contribution is -2.46. The maximum Gasteiger partial charge on any atom is 0.127 e. The third kappa shape index (κ3) is 6.64. The topological polar surface area (TPSA) is 50.7 Å². The van der Waals surface area contributed by atoms with Gasteiger partial charge < -0.3 is 19.9 Å². The Morgan fingerprint density at radius 2 is 1.66 bits per heavy atom. The Hall–Kier alpha value is -2.27. The fourth-order valence-electron chi connectivity index (χ4n) is 3.28. The van der Waals surface area contributed by atoms with Gasteiger partial charge in [-0.15, -0.1) is 12.4 Å². The molecule has 0 spiro atoms. The van der Waals surface area contributed by atoms with Gasteiger partial charge in [0, 0.05) is 17.5 Å². The summed E-state index contributed by atoms with van der Waals surface area (Å²) in [7, 11) is 1.67. The van der Waals surface area contributed by atoms with Crippen LogP contribution >= 0.6 is 12.4 Å². The predicted molar refractivity (Wildman–Crippen MR) is 121 cm³/mol. The Morgan fingerprint density at radius 1 is 0.966 bits per heavy atom. The normalized spacial score (nSPS) is 12.3. The molecule has 3 aromatic rings. The van der Waals surface area contributed by atoms with Crippen molar-refractivity contribution in [1.29, 1.82) is 0 Å². The summed E-state index contributed by atoms with van der Waals surface area (Å²) in [5, 5.41) is 16.0. The number of β-amino-alcohol motifs (C(OH)–C–C–N with tert-alkyl or cyclic N) is 1. The van der Waals surface area contributed by atoms with E-state index < -0.39 is 6.10 Å². The molecular formula is C24H30ClNO3. The first-order valence-electron chi connectivity index (χ1n) is 9.63. The van der Waals surface area contributed by atoms with Crippen molar-refractivity contribution in [3.63, 3.8) is 0 Å². The first-order valence-corrected chi connectivity index (χ1v) is 9.63. The van der Waals surface area contributed by atoms with E-state index in [0.29, 0.717) is 6.54 Å². The highest BCUT2D eigenvalue weighted by molar-refractivity contribution is 5.88. The van der Waals surface area contributed by atoms with E-state index >= 15 is 0 Å². The van der Waals surface area contributed by atoms with Crippen LogP contribution in [0.15, 0.2) is 66.7 Å². The third-order valence-electron chi connectivity index (χ3n) is 4.80. The Morgan fingerprint density at radius 3 is 2.38 bits per heavy atom. The summed E-state index contributed by atoms with van der Waals surface area (Å²) in [5.41, 5.74) is 1.08. The number of nitrogens with one attached hydrogen (secondary N) is 1. The van der Waals surface area contributed by atoms with E-state index in [0.717, 1.165) is 28.7 Å². The van der Waals surface area contributed by atoms with Gasteiger partial charge in [-0.25, -0.2) is 0 Å². The zero-order valence-corrected chi connectivity index (χ0v) is 18.0. The second-order valence-electron chi connectivity index (χ2n) is 7.73. The van der Waals surface area contributed by atoms with Crippen LogP contribution in [-0.4, -0.2) is 37.0 Å². The molecule has 0 heterocycles. The van der Waals surface area contributed by atoms with Crippen LogP contribution in [0.2, 0.25) is 0 Å². The van der Waals surface area contributed by atoms with Crippen LogP contribution in [-0.2, 0) is 6.42 Å². The summed E-state index contributed by atoms with van der Waals surface area (Å²) in [6, 6.07) is 22.2. The van der Waals surface area contributed by atoms with Gasteiger partial charge in [-0.2, -0.15) is 0 Å². The van der Waals surface area contributed by atoms with Crippen molar-refractivity contribution in [2.45, 2.75) is 31.9 Å². The van der Waals surface area contributed by atoms with E-state index in [1.54, 1.807) is 7.11 Å². The SMILES string of the molecule is COc1ccc(CC(C)(C)NC[C@H](O)COc2cccc3ccccc23)cc1.Cl. The number of aliphatic hydroxyl groups is 1. The molecule has 0 aliphatic heterocycles. The van der Waals surface area contributed by atoms with E-state index in [2.05, 4.69) is 43.4 Å². The van der Waals surface area contributed by atoms with Gasteiger partial charge in [-0.1, -0.05) is 48.5 Å². The number of aliphatic hydroxyl groups excluding tert-OH is 1. The van der Waals surface area contributed by atoms with Gasteiger partial charge in [0.2, 0.25) is 0 Å². The van der Waals surface area contributed by atoms with Gasteiger partial charge in [-0.05, 0) is 49.4 Å². The first-order chi connectivity index (χ1) is 13.5. The predicted octanol–water partition coefficient (Wildman–Crippen LogP) is 4.62. The van der Waals surface area contributed by atoms with E-state index in [9.17, 15) is 5.11 Å². The molecule has 0 aliphatic carbocycles. The highest BCUT2D eigenvalue weighted by Crippen LogP contribution is 2.25. The molecule has 29 heavy (non-hydrogen) atoms. The minimum absolute atomic E-state index is 0. The molecule has 0 unspecified atom stereocenters.